The number of ether oxygens (including phenoxy) is 1. The molecule has 2 rings (SSSR count). The highest BCUT2D eigenvalue weighted by Gasteiger charge is 2.20. The van der Waals surface area contributed by atoms with Gasteiger partial charge in [-0.2, -0.15) is 0 Å². The lowest BCUT2D eigenvalue weighted by Gasteiger charge is -2.20. The minimum atomic E-state index is -0.653. The van der Waals surface area contributed by atoms with Gasteiger partial charge >= 0.3 is 5.97 Å². The van der Waals surface area contributed by atoms with Crippen LogP contribution in [0, 0.1) is 19.7 Å². The monoisotopic (exact) mass is 390 g/mol. The Bertz CT molecular complexity index is 845. The third-order valence-electron chi connectivity index (χ3n) is 4.06. The van der Waals surface area contributed by atoms with Gasteiger partial charge in [0.2, 0.25) is 5.91 Å². The fourth-order valence-electron chi connectivity index (χ4n) is 2.54. The fraction of sp³-hybridized carbons (Fsp3) is 0.350. The third kappa shape index (κ3) is 5.94. The number of aryl methyl sites for hydroxylation is 2. The number of carbonyl (C=O) groups is 3. The van der Waals surface area contributed by atoms with E-state index >= 15 is 0 Å². The number of likely N-dealkylation sites (N-methyl/N-ethyl adjacent to an activating group) is 1. The summed E-state index contributed by atoms with van der Waals surface area (Å²) in [6.45, 7) is 4.92. The van der Waals surface area contributed by atoms with Crippen LogP contribution in [0.4, 0.5) is 4.39 Å². The molecule has 150 valence electrons. The maximum Gasteiger partial charge on any atom is 0.342 e. The first-order chi connectivity index (χ1) is 13.3. The molecular weight excluding hydrogens is 367 g/mol. The van der Waals surface area contributed by atoms with Crippen molar-refractivity contribution >= 4 is 17.8 Å². The predicted molar refractivity (Wildman–Crippen MR) is 99.0 cm³/mol. The summed E-state index contributed by atoms with van der Waals surface area (Å²) in [5.74, 6) is -0.864. The second kappa shape index (κ2) is 9.68. The van der Waals surface area contributed by atoms with E-state index in [0.717, 1.165) is 5.56 Å². The second-order valence-corrected chi connectivity index (χ2v) is 6.21. The van der Waals surface area contributed by atoms with E-state index in [0.29, 0.717) is 11.5 Å². The van der Waals surface area contributed by atoms with Crippen LogP contribution < -0.4 is 5.32 Å². The molecule has 0 aliphatic rings. The molecule has 1 N–H and O–H groups in total. The maximum atomic E-state index is 12.9. The number of halogens is 1. The number of hydrogen-bond acceptors (Lipinski definition) is 5. The molecule has 0 saturated heterocycles. The standard InChI is InChI=1S/C20H23FN2O5/c1-4-23(11-18(24)22-10-15-5-7-16(21)8-6-15)19(25)12-27-20(26)17-9-13(2)28-14(17)3/h5-9H,4,10-12H2,1-3H3,(H,22,24). The Morgan fingerprint density at radius 3 is 2.43 bits per heavy atom. The molecule has 0 radical (unpaired) electrons. The lowest BCUT2D eigenvalue weighted by Crippen LogP contribution is -2.42. The Balaban J connectivity index is 1.81. The lowest BCUT2D eigenvalue weighted by atomic mass is 10.2. The Kier molecular flexibility index (Phi) is 7.31. The second-order valence-electron chi connectivity index (χ2n) is 6.21. The zero-order valence-electron chi connectivity index (χ0n) is 16.1. The Morgan fingerprint density at radius 1 is 1.18 bits per heavy atom. The van der Waals surface area contributed by atoms with Crippen LogP contribution in [-0.2, 0) is 20.9 Å². The number of esters is 1. The predicted octanol–water partition coefficient (Wildman–Crippen LogP) is 2.36. The summed E-state index contributed by atoms with van der Waals surface area (Å²) in [6.07, 6.45) is 0. The van der Waals surface area contributed by atoms with Gasteiger partial charge in [-0.25, -0.2) is 9.18 Å². The molecule has 1 heterocycles. The zero-order chi connectivity index (χ0) is 20.7. The Hall–Kier alpha value is -3.16. The van der Waals surface area contributed by atoms with Crippen molar-refractivity contribution in [2.45, 2.75) is 27.3 Å². The number of amides is 2. The minimum absolute atomic E-state index is 0.169. The fourth-order valence-corrected chi connectivity index (χ4v) is 2.54. The van der Waals surface area contributed by atoms with Gasteiger partial charge in [-0.05, 0) is 44.5 Å². The van der Waals surface area contributed by atoms with Gasteiger partial charge < -0.3 is 19.4 Å². The van der Waals surface area contributed by atoms with Crippen LogP contribution >= 0.6 is 0 Å². The Labute approximate surface area is 162 Å². The van der Waals surface area contributed by atoms with Crippen LogP contribution in [0.5, 0.6) is 0 Å². The smallest absolute Gasteiger partial charge is 0.342 e. The van der Waals surface area contributed by atoms with Crippen LogP contribution in [0.3, 0.4) is 0 Å². The molecule has 2 aromatic rings. The first-order valence-electron chi connectivity index (χ1n) is 8.83. The summed E-state index contributed by atoms with van der Waals surface area (Å²) in [6, 6.07) is 7.29. The summed E-state index contributed by atoms with van der Waals surface area (Å²) < 4.78 is 23.2. The highest BCUT2D eigenvalue weighted by atomic mass is 19.1. The van der Waals surface area contributed by atoms with Crippen molar-refractivity contribution in [1.82, 2.24) is 10.2 Å². The molecule has 8 heteroatoms. The molecule has 0 aliphatic heterocycles. The highest BCUT2D eigenvalue weighted by molar-refractivity contribution is 5.93. The van der Waals surface area contributed by atoms with E-state index in [4.69, 9.17) is 9.15 Å². The lowest BCUT2D eigenvalue weighted by molar-refractivity contribution is -0.138. The van der Waals surface area contributed by atoms with Gasteiger partial charge in [0.15, 0.2) is 6.61 Å². The average Bonchev–Trinajstić information content (AvgIpc) is 3.01. The van der Waals surface area contributed by atoms with Gasteiger partial charge in [0, 0.05) is 13.1 Å². The van der Waals surface area contributed by atoms with E-state index in [9.17, 15) is 18.8 Å². The first-order valence-corrected chi connectivity index (χ1v) is 8.83. The molecule has 0 saturated carbocycles. The molecule has 2 amide bonds. The van der Waals surface area contributed by atoms with E-state index in [2.05, 4.69) is 5.32 Å². The van der Waals surface area contributed by atoms with Crippen molar-refractivity contribution in [3.05, 3.63) is 58.8 Å². The quantitative estimate of drug-likeness (QED) is 0.699. The van der Waals surface area contributed by atoms with Crippen LogP contribution in [-0.4, -0.2) is 42.4 Å². The van der Waals surface area contributed by atoms with Crippen molar-refractivity contribution in [1.29, 1.82) is 0 Å². The molecule has 1 aromatic carbocycles. The molecule has 0 unspecified atom stereocenters. The third-order valence-corrected chi connectivity index (χ3v) is 4.06. The number of nitrogens with one attached hydrogen (secondary N) is 1. The summed E-state index contributed by atoms with van der Waals surface area (Å²) in [4.78, 5) is 37.6. The summed E-state index contributed by atoms with van der Waals surface area (Å²) >= 11 is 0. The molecule has 0 spiro atoms. The van der Waals surface area contributed by atoms with Crippen molar-refractivity contribution in [2.24, 2.45) is 0 Å². The molecule has 0 fully saturated rings. The molecule has 0 aliphatic carbocycles. The normalized spacial score (nSPS) is 10.4. The zero-order valence-corrected chi connectivity index (χ0v) is 16.1. The SMILES string of the molecule is CCN(CC(=O)NCc1ccc(F)cc1)C(=O)COC(=O)c1cc(C)oc1C. The van der Waals surface area contributed by atoms with Crippen LogP contribution in [0.2, 0.25) is 0 Å². The molecule has 28 heavy (non-hydrogen) atoms. The van der Waals surface area contributed by atoms with Gasteiger partial charge in [0.05, 0.1) is 6.54 Å². The largest absolute Gasteiger partial charge is 0.466 e. The highest BCUT2D eigenvalue weighted by Crippen LogP contribution is 2.14. The minimum Gasteiger partial charge on any atom is -0.466 e. The van der Waals surface area contributed by atoms with Crippen molar-refractivity contribution in [2.75, 3.05) is 19.7 Å². The first kappa shape index (κ1) is 21.1. The van der Waals surface area contributed by atoms with Crippen molar-refractivity contribution < 1.29 is 27.9 Å². The number of benzene rings is 1. The van der Waals surface area contributed by atoms with Crippen LogP contribution in [0.1, 0.15) is 34.4 Å². The van der Waals surface area contributed by atoms with Gasteiger partial charge in [-0.15, -0.1) is 0 Å². The molecule has 1 aromatic heterocycles. The number of nitrogens with zero attached hydrogens (tertiary/aromatic N) is 1. The number of furan rings is 1. The summed E-state index contributed by atoms with van der Waals surface area (Å²) in [7, 11) is 0. The molecule has 0 atom stereocenters. The number of hydrogen-bond donors (Lipinski definition) is 1. The van der Waals surface area contributed by atoms with E-state index in [-0.39, 0.29) is 36.9 Å². The topological polar surface area (TPSA) is 88.9 Å². The number of carbonyl (C=O) groups excluding carboxylic acids is 3. The summed E-state index contributed by atoms with van der Waals surface area (Å²) in [5, 5.41) is 2.66. The Morgan fingerprint density at radius 2 is 1.86 bits per heavy atom. The number of rotatable bonds is 8. The molecule has 0 bridgehead atoms. The molecular formula is C20H23FN2O5. The van der Waals surface area contributed by atoms with Gasteiger partial charge in [0.1, 0.15) is 22.9 Å². The van der Waals surface area contributed by atoms with E-state index in [1.807, 2.05) is 0 Å². The van der Waals surface area contributed by atoms with Crippen molar-refractivity contribution in [3.8, 4) is 0 Å². The van der Waals surface area contributed by atoms with Crippen LogP contribution in [0.15, 0.2) is 34.7 Å². The van der Waals surface area contributed by atoms with E-state index in [1.165, 1.54) is 17.0 Å². The van der Waals surface area contributed by atoms with E-state index in [1.54, 1.807) is 39.0 Å². The van der Waals surface area contributed by atoms with Gasteiger partial charge in [0.25, 0.3) is 5.91 Å². The van der Waals surface area contributed by atoms with E-state index < -0.39 is 18.5 Å². The van der Waals surface area contributed by atoms with Crippen molar-refractivity contribution in [3.63, 3.8) is 0 Å². The maximum absolute atomic E-state index is 12.9. The average molecular weight is 390 g/mol. The summed E-state index contributed by atoms with van der Waals surface area (Å²) in [5.41, 5.74) is 1.01. The van der Waals surface area contributed by atoms with Gasteiger partial charge in [-0.3, -0.25) is 9.59 Å². The van der Waals surface area contributed by atoms with Gasteiger partial charge in [-0.1, -0.05) is 12.1 Å². The molecule has 7 nitrogen and oxygen atoms in total. The van der Waals surface area contributed by atoms with Crippen LogP contribution in [0.25, 0.3) is 0 Å².